The van der Waals surface area contributed by atoms with Crippen molar-refractivity contribution >= 4 is 17.1 Å². The van der Waals surface area contributed by atoms with Crippen LogP contribution in [0.1, 0.15) is 22.2 Å². The zero-order valence-corrected chi connectivity index (χ0v) is 11.0. The summed E-state index contributed by atoms with van der Waals surface area (Å²) in [6.45, 7) is 1.85. The molecule has 19 heavy (non-hydrogen) atoms. The Kier molecular flexibility index (Phi) is 4.39. The van der Waals surface area contributed by atoms with Crippen molar-refractivity contribution in [2.24, 2.45) is 0 Å². The van der Waals surface area contributed by atoms with E-state index in [2.05, 4.69) is 0 Å². The summed E-state index contributed by atoms with van der Waals surface area (Å²) in [5.41, 5.74) is -0.153. The summed E-state index contributed by atoms with van der Waals surface area (Å²) in [5.74, 6) is -2.06. The molecule has 5 heteroatoms. The van der Waals surface area contributed by atoms with Crippen LogP contribution < -0.4 is 0 Å². The van der Waals surface area contributed by atoms with E-state index in [9.17, 15) is 13.6 Å². The number of halogens is 2. The van der Waals surface area contributed by atoms with Crippen LogP contribution in [0.15, 0.2) is 35.7 Å². The van der Waals surface area contributed by atoms with Crippen molar-refractivity contribution in [1.82, 2.24) is 0 Å². The maximum Gasteiger partial charge on any atom is 0.194 e. The van der Waals surface area contributed by atoms with Crippen molar-refractivity contribution in [2.45, 2.75) is 19.6 Å². The van der Waals surface area contributed by atoms with Gasteiger partial charge in [-0.1, -0.05) is 6.07 Å². The minimum Gasteiger partial charge on any atom is -0.365 e. The SMILES string of the molecule is CC(OCc1cccs1)C(=O)c1ccc(F)cc1F. The third kappa shape index (κ3) is 3.45. The third-order valence-electron chi connectivity index (χ3n) is 2.62. The minimum absolute atomic E-state index is 0.153. The Morgan fingerprint density at radius 1 is 1.37 bits per heavy atom. The van der Waals surface area contributed by atoms with Gasteiger partial charge < -0.3 is 4.74 Å². The topological polar surface area (TPSA) is 26.3 Å². The van der Waals surface area contributed by atoms with Gasteiger partial charge in [0.25, 0.3) is 0 Å². The second kappa shape index (κ2) is 6.04. The van der Waals surface area contributed by atoms with Gasteiger partial charge in [-0.05, 0) is 30.5 Å². The Labute approximate surface area is 113 Å². The summed E-state index contributed by atoms with van der Waals surface area (Å²) in [5, 5.41) is 1.91. The van der Waals surface area contributed by atoms with Crippen molar-refractivity contribution in [1.29, 1.82) is 0 Å². The first-order valence-corrected chi connectivity index (χ1v) is 6.59. The number of thiophene rings is 1. The fourth-order valence-corrected chi connectivity index (χ4v) is 2.21. The van der Waals surface area contributed by atoms with E-state index in [1.54, 1.807) is 6.92 Å². The Morgan fingerprint density at radius 2 is 2.16 bits per heavy atom. The molecule has 100 valence electrons. The van der Waals surface area contributed by atoms with Gasteiger partial charge in [0.05, 0.1) is 12.2 Å². The quantitative estimate of drug-likeness (QED) is 0.779. The highest BCUT2D eigenvalue weighted by molar-refractivity contribution is 7.09. The number of ether oxygens (including phenoxy) is 1. The molecule has 0 fully saturated rings. The third-order valence-corrected chi connectivity index (χ3v) is 3.47. The summed E-state index contributed by atoms with van der Waals surface area (Å²) < 4.78 is 31.6. The average molecular weight is 282 g/mol. The molecule has 1 atom stereocenters. The monoisotopic (exact) mass is 282 g/mol. The fourth-order valence-electron chi connectivity index (χ4n) is 1.59. The second-order valence-electron chi connectivity index (χ2n) is 4.02. The van der Waals surface area contributed by atoms with Gasteiger partial charge in [-0.2, -0.15) is 0 Å². The largest absolute Gasteiger partial charge is 0.365 e. The second-order valence-corrected chi connectivity index (χ2v) is 5.05. The van der Waals surface area contributed by atoms with Gasteiger partial charge in [-0.3, -0.25) is 4.79 Å². The molecular weight excluding hydrogens is 270 g/mol. The van der Waals surface area contributed by atoms with E-state index >= 15 is 0 Å². The molecule has 0 aliphatic rings. The Bertz CT molecular complexity index is 567. The highest BCUT2D eigenvalue weighted by Crippen LogP contribution is 2.15. The van der Waals surface area contributed by atoms with Crippen LogP contribution >= 0.6 is 11.3 Å². The molecule has 1 heterocycles. The van der Waals surface area contributed by atoms with Crippen LogP contribution in [0, 0.1) is 11.6 Å². The zero-order chi connectivity index (χ0) is 13.8. The summed E-state index contributed by atoms with van der Waals surface area (Å²) in [6, 6.07) is 6.66. The van der Waals surface area contributed by atoms with Crippen molar-refractivity contribution in [2.75, 3.05) is 0 Å². The van der Waals surface area contributed by atoms with E-state index in [1.807, 2.05) is 17.5 Å². The first-order valence-electron chi connectivity index (χ1n) is 5.71. The van der Waals surface area contributed by atoms with Crippen molar-refractivity contribution in [3.63, 3.8) is 0 Å². The zero-order valence-electron chi connectivity index (χ0n) is 10.2. The molecule has 0 saturated carbocycles. The standard InChI is InChI=1S/C14H12F2O2S/c1-9(18-8-11-3-2-6-19-11)14(17)12-5-4-10(15)7-13(12)16/h2-7,9H,8H2,1H3. The van der Waals surface area contributed by atoms with Gasteiger partial charge in [-0.25, -0.2) is 8.78 Å². The first-order chi connectivity index (χ1) is 9.08. The maximum atomic E-state index is 13.5. The maximum absolute atomic E-state index is 13.5. The fraction of sp³-hybridized carbons (Fsp3) is 0.214. The lowest BCUT2D eigenvalue weighted by molar-refractivity contribution is 0.0417. The van der Waals surface area contributed by atoms with Crippen LogP contribution in [0.25, 0.3) is 0 Å². The van der Waals surface area contributed by atoms with E-state index in [1.165, 1.54) is 11.3 Å². The van der Waals surface area contributed by atoms with Crippen LogP contribution in [0.5, 0.6) is 0 Å². The lowest BCUT2D eigenvalue weighted by Gasteiger charge is -2.12. The predicted octanol–water partition coefficient (Wildman–Crippen LogP) is 3.81. The molecular formula is C14H12F2O2S. The smallest absolute Gasteiger partial charge is 0.194 e. The minimum atomic E-state index is -0.864. The number of hydrogen-bond donors (Lipinski definition) is 0. The first kappa shape index (κ1) is 13.8. The molecule has 0 radical (unpaired) electrons. The Balaban J connectivity index is 2.02. The number of benzene rings is 1. The number of carbonyl (C=O) groups excluding carboxylic acids is 1. The summed E-state index contributed by atoms with van der Waals surface area (Å²) in [6.07, 6.45) is -0.776. The van der Waals surface area contributed by atoms with E-state index in [0.717, 1.165) is 17.0 Å². The average Bonchev–Trinajstić information content (AvgIpc) is 2.88. The number of hydrogen-bond acceptors (Lipinski definition) is 3. The molecule has 2 aromatic rings. The Morgan fingerprint density at radius 3 is 2.79 bits per heavy atom. The van der Waals surface area contributed by atoms with Crippen molar-refractivity contribution < 1.29 is 18.3 Å². The molecule has 0 spiro atoms. The van der Waals surface area contributed by atoms with Crippen molar-refractivity contribution in [3.8, 4) is 0 Å². The van der Waals surface area contributed by atoms with Gasteiger partial charge >= 0.3 is 0 Å². The van der Waals surface area contributed by atoms with E-state index in [4.69, 9.17) is 4.74 Å². The molecule has 1 unspecified atom stereocenters. The van der Waals surface area contributed by atoms with Crippen LogP contribution in [-0.4, -0.2) is 11.9 Å². The lowest BCUT2D eigenvalue weighted by atomic mass is 10.1. The molecule has 0 amide bonds. The number of ketones is 1. The molecule has 0 bridgehead atoms. The van der Waals surface area contributed by atoms with Crippen molar-refractivity contribution in [3.05, 3.63) is 57.8 Å². The molecule has 0 N–H and O–H groups in total. The van der Waals surface area contributed by atoms with Crippen LogP contribution in [0.2, 0.25) is 0 Å². The van der Waals surface area contributed by atoms with Gasteiger partial charge in [0.1, 0.15) is 17.7 Å². The van der Waals surface area contributed by atoms with Crippen LogP contribution in [-0.2, 0) is 11.3 Å². The molecule has 0 aliphatic carbocycles. The summed E-state index contributed by atoms with van der Waals surface area (Å²) in [7, 11) is 0. The van der Waals surface area contributed by atoms with E-state index in [0.29, 0.717) is 12.7 Å². The predicted molar refractivity (Wildman–Crippen MR) is 69.3 cm³/mol. The van der Waals surface area contributed by atoms with Gasteiger partial charge in [0, 0.05) is 10.9 Å². The van der Waals surface area contributed by atoms with Crippen LogP contribution in [0.4, 0.5) is 8.78 Å². The van der Waals surface area contributed by atoms with Gasteiger partial charge in [0.2, 0.25) is 0 Å². The van der Waals surface area contributed by atoms with E-state index < -0.39 is 23.5 Å². The van der Waals surface area contributed by atoms with Gasteiger partial charge in [0.15, 0.2) is 5.78 Å². The van der Waals surface area contributed by atoms with E-state index in [-0.39, 0.29) is 5.56 Å². The molecule has 2 nitrogen and oxygen atoms in total. The lowest BCUT2D eigenvalue weighted by Crippen LogP contribution is -2.21. The number of rotatable bonds is 5. The molecule has 0 saturated heterocycles. The van der Waals surface area contributed by atoms with Gasteiger partial charge in [-0.15, -0.1) is 11.3 Å². The summed E-state index contributed by atoms with van der Waals surface area (Å²) >= 11 is 1.52. The highest BCUT2D eigenvalue weighted by atomic mass is 32.1. The number of carbonyl (C=O) groups is 1. The Hall–Kier alpha value is -1.59. The molecule has 0 aliphatic heterocycles. The molecule has 1 aromatic carbocycles. The molecule has 1 aromatic heterocycles. The van der Waals surface area contributed by atoms with Crippen LogP contribution in [0.3, 0.4) is 0 Å². The summed E-state index contributed by atoms with van der Waals surface area (Å²) in [4.78, 5) is 12.9. The normalized spacial score (nSPS) is 12.4. The number of Topliss-reactive ketones (excluding diaryl/α,β-unsaturated/α-hetero) is 1. The molecule has 2 rings (SSSR count). The highest BCUT2D eigenvalue weighted by Gasteiger charge is 2.19.